The Morgan fingerprint density at radius 3 is 2.62 bits per heavy atom. The predicted molar refractivity (Wildman–Crippen MR) is 83.9 cm³/mol. The molecule has 3 aliphatic carbocycles. The predicted octanol–water partition coefficient (Wildman–Crippen LogP) is 4.25. The zero-order valence-corrected chi connectivity index (χ0v) is 13.1. The van der Waals surface area contributed by atoms with Gasteiger partial charge in [0.25, 0.3) is 0 Å². The molecule has 2 nitrogen and oxygen atoms in total. The normalized spacial score (nSPS) is 31.4. The molecule has 0 atom stereocenters. The van der Waals surface area contributed by atoms with Gasteiger partial charge in [0.2, 0.25) is 0 Å². The van der Waals surface area contributed by atoms with Crippen LogP contribution in [0.25, 0.3) is 0 Å². The second-order valence-electron chi connectivity index (χ2n) is 7.32. The van der Waals surface area contributed by atoms with E-state index in [-0.39, 0.29) is 0 Å². The van der Waals surface area contributed by atoms with Gasteiger partial charge in [-0.2, -0.15) is 0 Å². The van der Waals surface area contributed by atoms with Gasteiger partial charge in [0, 0.05) is 7.11 Å². The minimum atomic E-state index is 0.445. The van der Waals surface area contributed by atoms with Crippen molar-refractivity contribution in [1.29, 1.82) is 0 Å². The number of benzene rings is 1. The molecule has 0 bridgehead atoms. The van der Waals surface area contributed by atoms with Crippen LogP contribution < -0.4 is 4.74 Å². The van der Waals surface area contributed by atoms with Gasteiger partial charge in [-0.25, -0.2) is 0 Å². The third kappa shape index (κ3) is 2.38. The number of hydrogen-bond donors (Lipinski definition) is 0. The van der Waals surface area contributed by atoms with E-state index in [4.69, 9.17) is 9.47 Å². The molecule has 1 aromatic rings. The average molecular weight is 286 g/mol. The van der Waals surface area contributed by atoms with E-state index >= 15 is 0 Å². The van der Waals surface area contributed by atoms with Crippen molar-refractivity contribution in [1.82, 2.24) is 0 Å². The van der Waals surface area contributed by atoms with E-state index in [1.807, 2.05) is 7.11 Å². The van der Waals surface area contributed by atoms with E-state index in [0.29, 0.717) is 11.5 Å². The minimum absolute atomic E-state index is 0.445. The van der Waals surface area contributed by atoms with Crippen LogP contribution in [0.3, 0.4) is 0 Å². The SMILES string of the molecule is CO[C@H]1CC[C@]2(CC1)Cc1ccc(OCC3CCC3)cc12. The first-order chi connectivity index (χ1) is 10.3. The fourth-order valence-corrected chi connectivity index (χ4v) is 4.35. The van der Waals surface area contributed by atoms with Gasteiger partial charge in [0.1, 0.15) is 5.75 Å². The molecule has 0 aromatic heterocycles. The molecule has 0 unspecified atom stereocenters. The highest BCUT2D eigenvalue weighted by molar-refractivity contribution is 5.49. The third-order valence-corrected chi connectivity index (χ3v) is 6.12. The molecular formula is C19H26O2. The lowest BCUT2D eigenvalue weighted by Crippen LogP contribution is -2.43. The standard InChI is InChI=1S/C19H26O2/c1-20-16-7-9-19(10-8-16)12-15-5-6-17(11-18(15)19)21-13-14-3-2-4-14/h5-6,11,14,16H,2-4,7-10,12-13H2,1H3/t16-,19-. The van der Waals surface area contributed by atoms with Gasteiger partial charge >= 0.3 is 0 Å². The molecule has 1 aromatic carbocycles. The van der Waals surface area contributed by atoms with E-state index in [2.05, 4.69) is 18.2 Å². The van der Waals surface area contributed by atoms with Crippen molar-refractivity contribution in [3.8, 4) is 5.75 Å². The fraction of sp³-hybridized carbons (Fsp3) is 0.684. The second-order valence-corrected chi connectivity index (χ2v) is 7.32. The summed E-state index contributed by atoms with van der Waals surface area (Å²) in [6, 6.07) is 6.80. The fourth-order valence-electron chi connectivity index (χ4n) is 4.35. The van der Waals surface area contributed by atoms with Crippen LogP contribution in [0.4, 0.5) is 0 Å². The Hall–Kier alpha value is -1.02. The number of rotatable bonds is 4. The summed E-state index contributed by atoms with van der Waals surface area (Å²) >= 11 is 0. The molecule has 114 valence electrons. The molecule has 0 heterocycles. The Morgan fingerprint density at radius 2 is 1.95 bits per heavy atom. The first-order valence-corrected chi connectivity index (χ1v) is 8.58. The summed E-state index contributed by atoms with van der Waals surface area (Å²) in [6.07, 6.45) is 10.8. The Labute approximate surface area is 127 Å². The number of methoxy groups -OCH3 is 1. The van der Waals surface area contributed by atoms with Crippen LogP contribution >= 0.6 is 0 Å². The van der Waals surface area contributed by atoms with Crippen LogP contribution in [-0.2, 0) is 16.6 Å². The van der Waals surface area contributed by atoms with Crippen molar-refractivity contribution >= 4 is 0 Å². The number of fused-ring (bicyclic) bond motifs is 2. The number of hydrogen-bond acceptors (Lipinski definition) is 2. The molecule has 0 saturated heterocycles. The van der Waals surface area contributed by atoms with E-state index in [1.54, 1.807) is 11.1 Å². The number of ether oxygens (including phenoxy) is 2. The smallest absolute Gasteiger partial charge is 0.119 e. The van der Waals surface area contributed by atoms with E-state index in [1.165, 1.54) is 51.4 Å². The van der Waals surface area contributed by atoms with E-state index < -0.39 is 0 Å². The summed E-state index contributed by atoms with van der Waals surface area (Å²) in [5.74, 6) is 1.90. The van der Waals surface area contributed by atoms with Crippen LogP contribution in [0.15, 0.2) is 18.2 Å². The molecule has 2 heteroatoms. The third-order valence-electron chi connectivity index (χ3n) is 6.12. The molecule has 3 aliphatic rings. The van der Waals surface area contributed by atoms with Gasteiger partial charge in [0.15, 0.2) is 0 Å². The lowest BCUT2D eigenvalue weighted by Gasteiger charge is -2.48. The maximum absolute atomic E-state index is 6.03. The Balaban J connectivity index is 1.44. The zero-order chi connectivity index (χ0) is 14.3. The van der Waals surface area contributed by atoms with Crippen LogP contribution in [0, 0.1) is 5.92 Å². The summed E-state index contributed by atoms with van der Waals surface area (Å²) in [5.41, 5.74) is 3.56. The zero-order valence-electron chi connectivity index (χ0n) is 13.1. The Morgan fingerprint density at radius 1 is 1.14 bits per heavy atom. The highest BCUT2D eigenvalue weighted by Gasteiger charge is 2.45. The molecule has 2 fully saturated rings. The molecule has 1 spiro atoms. The molecular weight excluding hydrogens is 260 g/mol. The van der Waals surface area contributed by atoms with Gasteiger partial charge in [-0.05, 0) is 79.5 Å². The molecule has 0 N–H and O–H groups in total. The summed E-state index contributed by atoms with van der Waals surface area (Å²) in [4.78, 5) is 0. The monoisotopic (exact) mass is 286 g/mol. The maximum Gasteiger partial charge on any atom is 0.119 e. The molecule has 0 radical (unpaired) electrons. The molecule has 0 amide bonds. The Bertz CT molecular complexity index is 510. The minimum Gasteiger partial charge on any atom is -0.493 e. The summed E-state index contributed by atoms with van der Waals surface area (Å²) in [6.45, 7) is 0.914. The average Bonchev–Trinajstić information content (AvgIpc) is 2.46. The quantitative estimate of drug-likeness (QED) is 0.824. The van der Waals surface area contributed by atoms with Crippen molar-refractivity contribution in [2.45, 2.75) is 62.9 Å². The highest BCUT2D eigenvalue weighted by atomic mass is 16.5. The van der Waals surface area contributed by atoms with Crippen molar-refractivity contribution in [2.24, 2.45) is 5.92 Å². The molecule has 21 heavy (non-hydrogen) atoms. The summed E-state index contributed by atoms with van der Waals surface area (Å²) in [5, 5.41) is 0. The Kier molecular flexibility index (Phi) is 3.45. The van der Waals surface area contributed by atoms with Crippen molar-refractivity contribution in [2.75, 3.05) is 13.7 Å². The van der Waals surface area contributed by atoms with E-state index in [0.717, 1.165) is 18.3 Å². The van der Waals surface area contributed by atoms with Crippen molar-refractivity contribution < 1.29 is 9.47 Å². The van der Waals surface area contributed by atoms with Crippen molar-refractivity contribution in [3.05, 3.63) is 29.3 Å². The lowest BCUT2D eigenvalue weighted by atomic mass is 9.57. The van der Waals surface area contributed by atoms with Gasteiger partial charge in [-0.1, -0.05) is 12.5 Å². The molecule has 4 rings (SSSR count). The van der Waals surface area contributed by atoms with Gasteiger partial charge in [-0.15, -0.1) is 0 Å². The van der Waals surface area contributed by atoms with Gasteiger partial charge < -0.3 is 9.47 Å². The van der Waals surface area contributed by atoms with Crippen LogP contribution in [0.5, 0.6) is 5.75 Å². The van der Waals surface area contributed by atoms with Crippen LogP contribution in [0.2, 0.25) is 0 Å². The first-order valence-electron chi connectivity index (χ1n) is 8.58. The van der Waals surface area contributed by atoms with Crippen LogP contribution in [0.1, 0.15) is 56.1 Å². The second kappa shape index (κ2) is 5.31. The van der Waals surface area contributed by atoms with Gasteiger partial charge in [-0.3, -0.25) is 0 Å². The first kappa shape index (κ1) is 13.6. The molecule has 0 aliphatic heterocycles. The lowest BCUT2D eigenvalue weighted by molar-refractivity contribution is 0.0432. The topological polar surface area (TPSA) is 18.5 Å². The van der Waals surface area contributed by atoms with E-state index in [9.17, 15) is 0 Å². The largest absolute Gasteiger partial charge is 0.493 e. The maximum atomic E-state index is 6.03. The van der Waals surface area contributed by atoms with Gasteiger partial charge in [0.05, 0.1) is 12.7 Å². The summed E-state index contributed by atoms with van der Waals surface area (Å²) in [7, 11) is 1.85. The van der Waals surface area contributed by atoms with Crippen LogP contribution in [-0.4, -0.2) is 19.8 Å². The molecule has 2 saturated carbocycles. The van der Waals surface area contributed by atoms with Crippen molar-refractivity contribution in [3.63, 3.8) is 0 Å². The summed E-state index contributed by atoms with van der Waals surface area (Å²) < 4.78 is 11.6. The highest BCUT2D eigenvalue weighted by Crippen LogP contribution is 2.51.